The molecule has 2 nitrogen and oxygen atoms in total. The van der Waals surface area contributed by atoms with E-state index in [2.05, 4.69) is 32.2 Å². The Kier molecular flexibility index (Phi) is 5.07. The van der Waals surface area contributed by atoms with E-state index in [0.29, 0.717) is 6.04 Å². The maximum atomic E-state index is 5.56. The number of rotatable bonds is 6. The van der Waals surface area contributed by atoms with E-state index in [9.17, 15) is 0 Å². The second kappa shape index (κ2) is 6.09. The van der Waals surface area contributed by atoms with E-state index in [1.54, 1.807) is 0 Å². The Hall–Kier alpha value is -0.760. The topological polar surface area (TPSA) is 25.2 Å². The first kappa shape index (κ1) is 13.3. The molecule has 1 heterocycles. The highest BCUT2D eigenvalue weighted by atomic mass is 16.3. The Bertz CT molecular complexity index is 313. The minimum Gasteiger partial charge on any atom is -0.466 e. The molecule has 1 atom stereocenters. The van der Waals surface area contributed by atoms with Gasteiger partial charge in [0, 0.05) is 11.6 Å². The van der Waals surface area contributed by atoms with Gasteiger partial charge in [0.15, 0.2) is 0 Å². The molecule has 0 aliphatic heterocycles. The molecule has 1 aromatic heterocycles. The Morgan fingerprint density at radius 2 is 1.88 bits per heavy atom. The monoisotopic (exact) mass is 223 g/mol. The SMILES string of the molecule is CCC(CC)CNC(C)c1cc(C)oc1C. The average molecular weight is 223 g/mol. The molecule has 0 bridgehead atoms. The molecule has 0 saturated carbocycles. The van der Waals surface area contributed by atoms with Crippen LogP contribution in [0.4, 0.5) is 0 Å². The first-order chi connectivity index (χ1) is 7.58. The second-order valence-electron chi connectivity index (χ2n) is 4.68. The zero-order valence-corrected chi connectivity index (χ0v) is 11.3. The van der Waals surface area contributed by atoms with Crippen molar-refractivity contribution in [1.82, 2.24) is 5.32 Å². The van der Waals surface area contributed by atoms with Crippen LogP contribution >= 0.6 is 0 Å². The van der Waals surface area contributed by atoms with E-state index in [4.69, 9.17) is 4.42 Å². The minimum absolute atomic E-state index is 0.387. The first-order valence-corrected chi connectivity index (χ1v) is 6.38. The summed E-state index contributed by atoms with van der Waals surface area (Å²) in [5.74, 6) is 2.83. The van der Waals surface area contributed by atoms with Gasteiger partial charge < -0.3 is 9.73 Å². The lowest BCUT2D eigenvalue weighted by atomic mass is 10.0. The van der Waals surface area contributed by atoms with Crippen molar-refractivity contribution in [1.29, 1.82) is 0 Å². The maximum Gasteiger partial charge on any atom is 0.105 e. The third kappa shape index (κ3) is 3.38. The molecule has 0 aliphatic rings. The predicted molar refractivity (Wildman–Crippen MR) is 68.7 cm³/mol. The van der Waals surface area contributed by atoms with Crippen molar-refractivity contribution in [2.45, 2.75) is 53.5 Å². The largest absolute Gasteiger partial charge is 0.466 e. The van der Waals surface area contributed by atoms with Crippen molar-refractivity contribution in [3.05, 3.63) is 23.2 Å². The zero-order valence-electron chi connectivity index (χ0n) is 11.3. The maximum absolute atomic E-state index is 5.56. The molecule has 16 heavy (non-hydrogen) atoms. The molecule has 1 rings (SSSR count). The molecule has 2 heteroatoms. The highest BCUT2D eigenvalue weighted by molar-refractivity contribution is 5.23. The van der Waals surface area contributed by atoms with E-state index >= 15 is 0 Å². The van der Waals surface area contributed by atoms with E-state index in [1.165, 1.54) is 18.4 Å². The van der Waals surface area contributed by atoms with Crippen molar-refractivity contribution in [3.63, 3.8) is 0 Å². The lowest BCUT2D eigenvalue weighted by Gasteiger charge is -2.18. The molecular formula is C14H25NO. The molecule has 1 unspecified atom stereocenters. The van der Waals surface area contributed by atoms with Crippen molar-refractivity contribution < 1.29 is 4.42 Å². The molecule has 0 aliphatic carbocycles. The normalized spacial score (nSPS) is 13.4. The summed E-state index contributed by atoms with van der Waals surface area (Å²) in [6, 6.07) is 2.53. The fourth-order valence-corrected chi connectivity index (χ4v) is 2.11. The summed E-state index contributed by atoms with van der Waals surface area (Å²) in [7, 11) is 0. The van der Waals surface area contributed by atoms with Gasteiger partial charge in [0.2, 0.25) is 0 Å². The average Bonchev–Trinajstić information content (AvgIpc) is 2.59. The quantitative estimate of drug-likeness (QED) is 0.789. The van der Waals surface area contributed by atoms with E-state index in [0.717, 1.165) is 24.0 Å². The fraction of sp³-hybridized carbons (Fsp3) is 0.714. The number of hydrogen-bond donors (Lipinski definition) is 1. The predicted octanol–water partition coefficient (Wildman–Crippen LogP) is 3.98. The van der Waals surface area contributed by atoms with Crippen LogP contribution in [0.25, 0.3) is 0 Å². The van der Waals surface area contributed by atoms with Crippen molar-refractivity contribution >= 4 is 0 Å². The molecule has 92 valence electrons. The summed E-state index contributed by atoms with van der Waals surface area (Å²) in [6.07, 6.45) is 2.50. The van der Waals surface area contributed by atoms with Gasteiger partial charge in [-0.1, -0.05) is 26.7 Å². The van der Waals surface area contributed by atoms with Crippen molar-refractivity contribution in [2.75, 3.05) is 6.54 Å². The summed E-state index contributed by atoms with van der Waals surface area (Å²) in [4.78, 5) is 0. The lowest BCUT2D eigenvalue weighted by molar-refractivity contribution is 0.418. The van der Waals surface area contributed by atoms with Crippen LogP contribution in [-0.2, 0) is 0 Å². The van der Waals surface area contributed by atoms with Gasteiger partial charge >= 0.3 is 0 Å². The smallest absolute Gasteiger partial charge is 0.105 e. The highest BCUT2D eigenvalue weighted by Gasteiger charge is 2.13. The summed E-state index contributed by atoms with van der Waals surface area (Å²) in [6.45, 7) is 11.9. The van der Waals surface area contributed by atoms with Crippen LogP contribution in [-0.4, -0.2) is 6.54 Å². The van der Waals surface area contributed by atoms with E-state index in [-0.39, 0.29) is 0 Å². The van der Waals surface area contributed by atoms with Crippen LogP contribution < -0.4 is 5.32 Å². The molecule has 0 radical (unpaired) electrons. The van der Waals surface area contributed by atoms with Crippen molar-refractivity contribution in [2.24, 2.45) is 5.92 Å². The van der Waals surface area contributed by atoms with E-state index in [1.807, 2.05) is 13.8 Å². The Morgan fingerprint density at radius 3 is 2.31 bits per heavy atom. The van der Waals surface area contributed by atoms with Crippen LogP contribution in [0, 0.1) is 19.8 Å². The summed E-state index contributed by atoms with van der Waals surface area (Å²) in [5.41, 5.74) is 1.29. The number of furan rings is 1. The lowest BCUT2D eigenvalue weighted by Crippen LogP contribution is -2.25. The minimum atomic E-state index is 0.387. The van der Waals surface area contributed by atoms with Crippen LogP contribution in [0.3, 0.4) is 0 Å². The Labute approximate surface area is 99.4 Å². The van der Waals surface area contributed by atoms with Gasteiger partial charge in [0.05, 0.1) is 0 Å². The van der Waals surface area contributed by atoms with Gasteiger partial charge in [-0.2, -0.15) is 0 Å². The number of hydrogen-bond acceptors (Lipinski definition) is 2. The van der Waals surface area contributed by atoms with Gasteiger partial charge in [0.1, 0.15) is 11.5 Å². The van der Waals surface area contributed by atoms with Gasteiger partial charge in [-0.25, -0.2) is 0 Å². The Morgan fingerprint density at radius 1 is 1.25 bits per heavy atom. The second-order valence-corrected chi connectivity index (χ2v) is 4.68. The molecule has 1 aromatic rings. The fourth-order valence-electron chi connectivity index (χ4n) is 2.11. The van der Waals surface area contributed by atoms with Gasteiger partial charge in [0.25, 0.3) is 0 Å². The van der Waals surface area contributed by atoms with Crippen LogP contribution in [0.2, 0.25) is 0 Å². The van der Waals surface area contributed by atoms with Gasteiger partial charge in [-0.15, -0.1) is 0 Å². The standard InChI is InChI=1S/C14H25NO/c1-6-13(7-2)9-15-11(4)14-8-10(3)16-12(14)5/h8,11,13,15H,6-7,9H2,1-5H3. The summed E-state index contributed by atoms with van der Waals surface area (Å²) >= 11 is 0. The first-order valence-electron chi connectivity index (χ1n) is 6.38. The zero-order chi connectivity index (χ0) is 12.1. The molecule has 0 fully saturated rings. The third-order valence-electron chi connectivity index (χ3n) is 3.41. The summed E-state index contributed by atoms with van der Waals surface area (Å²) < 4.78 is 5.56. The van der Waals surface area contributed by atoms with Crippen LogP contribution in [0.5, 0.6) is 0 Å². The molecular weight excluding hydrogens is 198 g/mol. The van der Waals surface area contributed by atoms with Crippen LogP contribution in [0.15, 0.2) is 10.5 Å². The van der Waals surface area contributed by atoms with Crippen LogP contribution in [0.1, 0.15) is 56.7 Å². The molecule has 0 spiro atoms. The number of aryl methyl sites for hydroxylation is 2. The third-order valence-corrected chi connectivity index (χ3v) is 3.41. The van der Waals surface area contributed by atoms with Gasteiger partial charge in [-0.3, -0.25) is 0 Å². The molecule has 1 N–H and O–H groups in total. The number of nitrogens with one attached hydrogen (secondary N) is 1. The molecule has 0 amide bonds. The van der Waals surface area contributed by atoms with Crippen molar-refractivity contribution in [3.8, 4) is 0 Å². The van der Waals surface area contributed by atoms with E-state index < -0.39 is 0 Å². The summed E-state index contributed by atoms with van der Waals surface area (Å²) in [5, 5.41) is 3.60. The molecule has 0 aromatic carbocycles. The highest BCUT2D eigenvalue weighted by Crippen LogP contribution is 2.21. The van der Waals surface area contributed by atoms with Gasteiger partial charge in [-0.05, 0) is 39.3 Å². The Balaban J connectivity index is 2.52. The molecule has 0 saturated heterocycles.